The van der Waals surface area contributed by atoms with E-state index in [4.69, 9.17) is 58.8 Å². The van der Waals surface area contributed by atoms with E-state index in [2.05, 4.69) is 47.6 Å². The quantitative estimate of drug-likeness (QED) is 0.0188. The van der Waals surface area contributed by atoms with Crippen LogP contribution in [0.1, 0.15) is 47.1 Å². The maximum atomic E-state index is 13.0. The number of nitrogens with two attached hydrogens (primary N) is 2. The van der Waals surface area contributed by atoms with Crippen molar-refractivity contribution in [2.75, 3.05) is 37.9 Å². The van der Waals surface area contributed by atoms with Crippen molar-refractivity contribution in [2.45, 2.75) is 145 Å². The molecule has 43 nitrogen and oxygen atoms in total. The molecule has 0 aromatic carbocycles. The molecule has 24 atom stereocenters. The molecule has 4 saturated heterocycles. The number of aromatic nitrogens is 8. The summed E-state index contributed by atoms with van der Waals surface area (Å²) >= 11 is 0. The first-order chi connectivity index (χ1) is 41.5. The zero-order valence-corrected chi connectivity index (χ0v) is 50.3. The van der Waals surface area contributed by atoms with Gasteiger partial charge in [-0.05, 0) is 5.92 Å². The van der Waals surface area contributed by atoms with E-state index in [0.29, 0.717) is 0 Å². The van der Waals surface area contributed by atoms with Crippen molar-refractivity contribution in [3.63, 3.8) is 0 Å². The molecule has 4 fully saturated rings. The molecular weight excluding hydrogens is 1300 g/mol. The van der Waals surface area contributed by atoms with Gasteiger partial charge in [0, 0.05) is 26.7 Å². The Morgan fingerprint density at radius 1 is 0.584 bits per heavy atom. The second-order valence-electron chi connectivity index (χ2n) is 20.0. The van der Waals surface area contributed by atoms with Gasteiger partial charge in [0.1, 0.15) is 104 Å². The smallest absolute Gasteiger partial charge is 0.462 e. The van der Waals surface area contributed by atoms with Gasteiger partial charge in [0.15, 0.2) is 53.9 Å². The van der Waals surface area contributed by atoms with Gasteiger partial charge in [-0.1, -0.05) is 13.8 Å². The van der Waals surface area contributed by atoms with Crippen LogP contribution in [0.25, 0.3) is 22.3 Å². The van der Waals surface area contributed by atoms with E-state index in [1.807, 2.05) is 0 Å². The number of esters is 3. The Morgan fingerprint density at radius 2 is 1.04 bits per heavy atom. The number of carbonyl (C=O) groups is 3. The lowest BCUT2D eigenvalue weighted by atomic mass is 9.81. The number of ether oxygens (including phenoxy) is 7. The van der Waals surface area contributed by atoms with E-state index in [1.54, 1.807) is 13.8 Å². The number of fused-ring (bicyclic) bond motifs is 2. The Bertz CT molecular complexity index is 3340. The summed E-state index contributed by atoms with van der Waals surface area (Å²) in [5.74, 6) is -3.59. The lowest BCUT2D eigenvalue weighted by molar-refractivity contribution is -0.292. The van der Waals surface area contributed by atoms with E-state index in [-0.39, 0.29) is 34.0 Å². The molecule has 0 amide bonds. The Balaban J connectivity index is 0.000000259. The topological polar surface area (TPSA) is 642 Å². The third-order valence-corrected chi connectivity index (χ3v) is 18.9. The minimum absolute atomic E-state index is 0.0302. The van der Waals surface area contributed by atoms with Gasteiger partial charge in [0.05, 0.1) is 32.5 Å². The number of hydrogen-bond acceptors (Lipinski definition) is 37. The van der Waals surface area contributed by atoms with E-state index >= 15 is 0 Å². The highest BCUT2D eigenvalue weighted by Gasteiger charge is 2.54. The van der Waals surface area contributed by atoms with Crippen molar-refractivity contribution < 1.29 is 158 Å². The summed E-state index contributed by atoms with van der Waals surface area (Å²) in [5.41, 5.74) is 12.1. The van der Waals surface area contributed by atoms with Crippen molar-refractivity contribution in [1.29, 1.82) is 0 Å². The standard InChI is InChI=1S/C25H37N5O17P2.C17H27N5O16P2/c1-10-11(2)21(43-14(5)33)25(45-20(10)16(42-13(4)32)6-40-12(3)31)46-49(38,39)47-48(36,37)41-7-15-18(34)19(35)24(44-15)30-9-29-17-22(26)27-8-28-23(17)30;18-14-7-15(20-3-19-14)22(4-21-7)16-11(28)8(25)6(35-16)2-34-39(30,31)38-40(32,33)37-17-12(29)9(26)10(27)13(36-17)5(24)1-23/h8-11,15-16,18-21,24-25,34-35H,6-7H2,1-5H3,(H,36,37)(H,38,39)(H2,26,27,28);3-6,8-13,16-17,23-29H,1-2H2,(H,30,31)(H,32,33)(H2,18,19,20)/t10-,11-,15+,16-,18?,19-,20?,21?,24+,25-;5-,6+,8?,9-,10-,11-,12?,13?,16+,17-/m00/s1. The van der Waals surface area contributed by atoms with Crippen molar-refractivity contribution in [3.05, 3.63) is 25.3 Å². The number of nitrogens with zero attached hydrogens (tertiary/aromatic N) is 8. The zero-order chi connectivity index (χ0) is 66.0. The van der Waals surface area contributed by atoms with Crippen molar-refractivity contribution in [1.82, 2.24) is 39.0 Å². The van der Waals surface area contributed by atoms with Crippen LogP contribution in [-0.2, 0) is 92.5 Å². The predicted molar refractivity (Wildman–Crippen MR) is 281 cm³/mol. The lowest BCUT2D eigenvalue weighted by Crippen LogP contribution is -2.61. The Hall–Kier alpha value is -4.89. The number of hydrogen-bond donors (Lipinski definition) is 15. The number of rotatable bonds is 23. The fourth-order valence-electron chi connectivity index (χ4n) is 9.31. The van der Waals surface area contributed by atoms with Gasteiger partial charge < -0.3 is 110 Å². The van der Waals surface area contributed by atoms with Crippen molar-refractivity contribution in [3.8, 4) is 0 Å². The average Bonchev–Trinajstić information content (AvgIpc) is 2.07. The molecule has 4 aliphatic heterocycles. The van der Waals surface area contributed by atoms with Gasteiger partial charge in [0.25, 0.3) is 0 Å². The summed E-state index contributed by atoms with van der Waals surface area (Å²) in [4.78, 5) is 99.4. The molecule has 10 unspecified atom stereocenters. The van der Waals surface area contributed by atoms with Gasteiger partial charge >= 0.3 is 49.2 Å². The van der Waals surface area contributed by atoms with Crippen LogP contribution in [0.15, 0.2) is 25.3 Å². The molecule has 4 aromatic rings. The van der Waals surface area contributed by atoms with E-state index in [9.17, 15) is 93.1 Å². The minimum Gasteiger partial charge on any atom is -0.462 e. The minimum atomic E-state index is -5.65. The van der Waals surface area contributed by atoms with Crippen LogP contribution in [0.3, 0.4) is 0 Å². The number of aliphatic hydroxyl groups is 9. The third-order valence-electron chi connectivity index (χ3n) is 13.7. The van der Waals surface area contributed by atoms with E-state index in [1.165, 1.54) is 21.8 Å². The van der Waals surface area contributed by atoms with Crippen LogP contribution in [0.5, 0.6) is 0 Å². The first kappa shape index (κ1) is 71.5. The molecule has 500 valence electrons. The predicted octanol–water partition coefficient (Wildman–Crippen LogP) is -4.86. The number of phosphoric acid groups is 4. The summed E-state index contributed by atoms with van der Waals surface area (Å²) in [6, 6.07) is 0. The van der Waals surface area contributed by atoms with Gasteiger partial charge in [-0.15, -0.1) is 0 Å². The van der Waals surface area contributed by atoms with Crippen LogP contribution in [0, 0.1) is 11.8 Å². The Morgan fingerprint density at radius 3 is 1.48 bits per heavy atom. The summed E-state index contributed by atoms with van der Waals surface area (Å²) in [5, 5.41) is 90.4. The lowest BCUT2D eigenvalue weighted by Gasteiger charge is -2.45. The normalized spacial score (nSPS) is 34.0. The van der Waals surface area contributed by atoms with Crippen molar-refractivity contribution in [2.24, 2.45) is 11.8 Å². The molecule has 0 aliphatic carbocycles. The van der Waals surface area contributed by atoms with Crippen LogP contribution in [-0.4, -0.2) is 247 Å². The van der Waals surface area contributed by atoms with Crippen LogP contribution >= 0.6 is 31.3 Å². The molecule has 0 radical (unpaired) electrons. The second kappa shape index (κ2) is 29.0. The first-order valence-corrected chi connectivity index (χ1v) is 31.8. The monoisotopic (exact) mass is 1360 g/mol. The summed E-state index contributed by atoms with van der Waals surface area (Å²) < 4.78 is 118. The first-order valence-electron chi connectivity index (χ1n) is 25.9. The molecule has 89 heavy (non-hydrogen) atoms. The SMILES string of the molecule is CC(=O)OC[C@H](OC(C)=O)C1O[C@@H](OP(=O)(O)OP(=O)(O)OC[C@H]2O[C@@H](n3cnc4c(N)ncnc43)[C@@H](O)C2O)C(OC(C)=O)[C@@H](C)[C@@H]1C.Nc1ncnc2c1ncn2[C@@H]1O[C@H](COP(=O)(O)OP(=O)(O)O[C@@H]2OC([C@@H](O)CO)[C@@H](O)[C@H](O)C2O)C(O)[C@@H]1O. The molecule has 0 spiro atoms. The Labute approximate surface area is 499 Å². The molecule has 17 N–H and O–H groups in total. The number of carbonyl (C=O) groups excluding carboxylic acids is 3. The van der Waals surface area contributed by atoms with Crippen LogP contribution in [0.4, 0.5) is 11.6 Å². The molecule has 8 heterocycles. The molecule has 0 saturated carbocycles. The summed E-state index contributed by atoms with van der Waals surface area (Å²) in [7, 11) is -22.3. The molecule has 8 rings (SSSR count). The number of aliphatic hydroxyl groups excluding tert-OH is 9. The van der Waals surface area contributed by atoms with Crippen molar-refractivity contribution >= 4 is 83.2 Å². The highest BCUT2D eigenvalue weighted by atomic mass is 31.3. The molecule has 4 aromatic heterocycles. The Kier molecular flexibility index (Phi) is 23.3. The maximum Gasteiger partial charge on any atom is 0.483 e. The number of phosphoric ester groups is 4. The van der Waals surface area contributed by atoms with Crippen LogP contribution < -0.4 is 11.5 Å². The summed E-state index contributed by atoms with van der Waals surface area (Å²) in [6.45, 7) is 3.07. The second-order valence-corrected chi connectivity index (χ2v) is 26.0. The number of imidazole rings is 2. The third kappa shape index (κ3) is 17.2. The number of nitrogen functional groups attached to an aromatic ring is 2. The molecule has 0 bridgehead atoms. The highest BCUT2D eigenvalue weighted by Crippen LogP contribution is 2.63. The summed E-state index contributed by atoms with van der Waals surface area (Å²) in [6.07, 6.45) is -25.5. The van der Waals surface area contributed by atoms with Gasteiger partial charge in [-0.2, -0.15) is 8.62 Å². The molecule has 4 aliphatic rings. The van der Waals surface area contributed by atoms with Gasteiger partial charge in [-0.25, -0.2) is 48.2 Å². The van der Waals surface area contributed by atoms with E-state index < -0.39 is 198 Å². The average molecular weight is 1360 g/mol. The fraction of sp³-hybridized carbons (Fsp3) is 0.690. The highest BCUT2D eigenvalue weighted by molar-refractivity contribution is 7.61. The molecule has 47 heteroatoms. The van der Waals surface area contributed by atoms with Gasteiger partial charge in [-0.3, -0.25) is 41.6 Å². The zero-order valence-electron chi connectivity index (χ0n) is 46.7. The van der Waals surface area contributed by atoms with Crippen LogP contribution in [0.2, 0.25) is 0 Å². The maximum absolute atomic E-state index is 13.0. The fourth-order valence-corrected chi connectivity index (χ4v) is 13.6. The number of anilines is 2. The largest absolute Gasteiger partial charge is 0.483 e. The van der Waals surface area contributed by atoms with E-state index in [0.717, 1.165) is 33.4 Å². The molecular formula is C42H64N10O33P4. The van der Waals surface area contributed by atoms with Gasteiger partial charge in [0.2, 0.25) is 6.29 Å².